The number of hydrogen-bond donors (Lipinski definition) is 1. The Morgan fingerprint density at radius 1 is 0.967 bits per heavy atom. The lowest BCUT2D eigenvalue weighted by Crippen LogP contribution is -2.14. The molecule has 1 aliphatic carbocycles. The summed E-state index contributed by atoms with van der Waals surface area (Å²) in [6, 6.07) is 15.1. The molecule has 30 heavy (non-hydrogen) atoms. The number of anilines is 1. The van der Waals surface area contributed by atoms with E-state index in [1.807, 2.05) is 48.5 Å². The summed E-state index contributed by atoms with van der Waals surface area (Å²) in [7, 11) is 3.27. The summed E-state index contributed by atoms with van der Waals surface area (Å²) in [5, 5.41) is 3.79. The fraction of sp³-hybridized carbons (Fsp3) is 0.250. The number of methoxy groups -OCH3 is 2. The lowest BCUT2D eigenvalue weighted by atomic mass is 9.95. The minimum absolute atomic E-state index is 0.110. The summed E-state index contributed by atoms with van der Waals surface area (Å²) in [4.78, 5) is 19.2. The Kier molecular flexibility index (Phi) is 6.14. The van der Waals surface area contributed by atoms with Gasteiger partial charge in [-0.25, -0.2) is 4.99 Å². The highest BCUT2D eigenvalue weighted by Crippen LogP contribution is 2.40. The van der Waals surface area contributed by atoms with Crippen LogP contribution in [0.2, 0.25) is 0 Å². The fourth-order valence-electron chi connectivity index (χ4n) is 3.57. The van der Waals surface area contributed by atoms with Crippen molar-refractivity contribution in [3.8, 4) is 11.5 Å². The van der Waals surface area contributed by atoms with Gasteiger partial charge in [-0.3, -0.25) is 4.79 Å². The summed E-state index contributed by atoms with van der Waals surface area (Å²) >= 11 is 1.63. The van der Waals surface area contributed by atoms with Crippen LogP contribution < -0.4 is 14.8 Å². The Labute approximate surface area is 180 Å². The molecule has 1 N–H and O–H groups in total. The smallest absolute Gasteiger partial charge is 0.259 e. The lowest BCUT2D eigenvalue weighted by molar-refractivity contribution is 0.102. The van der Waals surface area contributed by atoms with Crippen LogP contribution in [0.1, 0.15) is 39.2 Å². The number of carbonyl (C=O) groups excluding carboxylic acids is 1. The molecule has 0 fully saturated rings. The van der Waals surface area contributed by atoms with Gasteiger partial charge in [-0.1, -0.05) is 0 Å². The zero-order chi connectivity index (χ0) is 20.9. The first-order chi connectivity index (χ1) is 14.7. The molecule has 1 aliphatic rings. The van der Waals surface area contributed by atoms with Gasteiger partial charge >= 0.3 is 0 Å². The summed E-state index contributed by atoms with van der Waals surface area (Å²) in [5.41, 5.74) is 3.56. The topological polar surface area (TPSA) is 59.9 Å². The predicted molar refractivity (Wildman–Crippen MR) is 122 cm³/mol. The maximum atomic E-state index is 13.2. The number of fused-ring (bicyclic) bond motifs is 1. The molecule has 0 radical (unpaired) electrons. The molecule has 1 amide bonds. The SMILES string of the molecule is COc1ccc(/C=N/c2sc3c(c2C(=O)Nc2ccc(OC)cc2)CCCC3)cc1. The van der Waals surface area contributed by atoms with Crippen molar-refractivity contribution in [3.63, 3.8) is 0 Å². The van der Waals surface area contributed by atoms with Gasteiger partial charge in [0.25, 0.3) is 5.91 Å². The number of carbonyl (C=O) groups is 1. The number of aryl methyl sites for hydroxylation is 1. The van der Waals surface area contributed by atoms with Crippen LogP contribution in [0.4, 0.5) is 10.7 Å². The van der Waals surface area contributed by atoms with E-state index in [2.05, 4.69) is 5.32 Å². The second-order valence-corrected chi connectivity index (χ2v) is 8.19. The van der Waals surface area contributed by atoms with Crippen molar-refractivity contribution < 1.29 is 14.3 Å². The average molecular weight is 421 g/mol. The molecule has 0 atom stereocenters. The van der Waals surface area contributed by atoms with E-state index in [9.17, 15) is 4.79 Å². The highest BCUT2D eigenvalue weighted by molar-refractivity contribution is 7.16. The van der Waals surface area contributed by atoms with Crippen LogP contribution in [0, 0.1) is 0 Å². The molecule has 1 aromatic heterocycles. The van der Waals surface area contributed by atoms with E-state index in [4.69, 9.17) is 14.5 Å². The maximum Gasteiger partial charge on any atom is 0.259 e. The molecular formula is C24H24N2O3S. The minimum atomic E-state index is -0.110. The molecule has 0 spiro atoms. The number of nitrogens with one attached hydrogen (secondary N) is 1. The van der Waals surface area contributed by atoms with Crippen LogP contribution in [0.15, 0.2) is 53.5 Å². The third-order valence-corrected chi connectivity index (χ3v) is 6.37. The number of amides is 1. The van der Waals surface area contributed by atoms with Crippen molar-refractivity contribution in [2.24, 2.45) is 4.99 Å². The second kappa shape index (κ2) is 9.13. The number of aliphatic imine (C=N–C) groups is 1. The Balaban J connectivity index is 1.62. The largest absolute Gasteiger partial charge is 0.497 e. The lowest BCUT2D eigenvalue weighted by Gasteiger charge is -2.13. The molecule has 0 saturated heterocycles. The predicted octanol–water partition coefficient (Wildman–Crippen LogP) is 5.65. The minimum Gasteiger partial charge on any atom is -0.497 e. The molecule has 6 heteroatoms. The van der Waals surface area contributed by atoms with Gasteiger partial charge in [0.05, 0.1) is 19.8 Å². The normalized spacial score (nSPS) is 13.1. The zero-order valence-corrected chi connectivity index (χ0v) is 17.9. The van der Waals surface area contributed by atoms with E-state index in [0.717, 1.165) is 59.0 Å². The standard InChI is InChI=1S/C24H24N2O3S/c1-28-18-11-7-16(8-12-18)15-25-24-22(20-5-3-4-6-21(20)30-24)23(27)26-17-9-13-19(29-2)14-10-17/h7-15H,3-6H2,1-2H3,(H,26,27)/b25-15+. The molecule has 5 nitrogen and oxygen atoms in total. The van der Waals surface area contributed by atoms with Gasteiger partial charge in [0, 0.05) is 16.8 Å². The molecule has 0 saturated carbocycles. The van der Waals surface area contributed by atoms with Crippen LogP contribution in [-0.4, -0.2) is 26.3 Å². The number of rotatable bonds is 6. The van der Waals surface area contributed by atoms with Gasteiger partial charge in [-0.05, 0) is 85.3 Å². The summed E-state index contributed by atoms with van der Waals surface area (Å²) in [6.07, 6.45) is 6.01. The monoisotopic (exact) mass is 420 g/mol. The van der Waals surface area contributed by atoms with Crippen molar-refractivity contribution in [2.75, 3.05) is 19.5 Å². The molecule has 2 aromatic carbocycles. The van der Waals surface area contributed by atoms with E-state index in [1.165, 1.54) is 4.88 Å². The molecule has 0 bridgehead atoms. The quantitative estimate of drug-likeness (QED) is 0.525. The summed E-state index contributed by atoms with van der Waals surface area (Å²) in [6.45, 7) is 0. The Morgan fingerprint density at radius 2 is 1.60 bits per heavy atom. The highest BCUT2D eigenvalue weighted by Gasteiger charge is 2.25. The Hall–Kier alpha value is -3.12. The summed E-state index contributed by atoms with van der Waals surface area (Å²) in [5.74, 6) is 1.45. The summed E-state index contributed by atoms with van der Waals surface area (Å²) < 4.78 is 10.4. The van der Waals surface area contributed by atoms with E-state index < -0.39 is 0 Å². The van der Waals surface area contributed by atoms with Gasteiger partial charge in [-0.15, -0.1) is 11.3 Å². The van der Waals surface area contributed by atoms with Crippen molar-refractivity contribution in [1.29, 1.82) is 0 Å². The van der Waals surface area contributed by atoms with Crippen LogP contribution in [0.5, 0.6) is 11.5 Å². The van der Waals surface area contributed by atoms with E-state index in [1.54, 1.807) is 31.8 Å². The molecule has 4 rings (SSSR count). The van der Waals surface area contributed by atoms with Crippen LogP contribution in [0.3, 0.4) is 0 Å². The molecular weight excluding hydrogens is 396 g/mol. The third kappa shape index (κ3) is 4.39. The van der Waals surface area contributed by atoms with Crippen molar-refractivity contribution >= 4 is 34.1 Å². The number of nitrogens with zero attached hydrogens (tertiary/aromatic N) is 1. The second-order valence-electron chi connectivity index (χ2n) is 7.11. The number of ether oxygens (including phenoxy) is 2. The third-order valence-electron chi connectivity index (χ3n) is 5.17. The zero-order valence-electron chi connectivity index (χ0n) is 17.1. The van der Waals surface area contributed by atoms with Gasteiger partial charge in [0.1, 0.15) is 16.5 Å². The first kappa shape index (κ1) is 20.2. The average Bonchev–Trinajstić information content (AvgIpc) is 3.17. The van der Waals surface area contributed by atoms with Gasteiger partial charge < -0.3 is 14.8 Å². The number of thiophene rings is 1. The van der Waals surface area contributed by atoms with E-state index in [-0.39, 0.29) is 5.91 Å². The van der Waals surface area contributed by atoms with E-state index in [0.29, 0.717) is 5.56 Å². The van der Waals surface area contributed by atoms with Crippen LogP contribution in [-0.2, 0) is 12.8 Å². The number of benzene rings is 2. The molecule has 0 unspecified atom stereocenters. The van der Waals surface area contributed by atoms with Crippen molar-refractivity contribution in [2.45, 2.75) is 25.7 Å². The fourth-order valence-corrected chi connectivity index (χ4v) is 4.80. The van der Waals surface area contributed by atoms with Gasteiger partial charge in [0.2, 0.25) is 0 Å². The molecule has 3 aromatic rings. The maximum absolute atomic E-state index is 13.2. The first-order valence-corrected chi connectivity index (χ1v) is 10.8. The van der Waals surface area contributed by atoms with Gasteiger partial charge in [0.15, 0.2) is 0 Å². The van der Waals surface area contributed by atoms with Crippen LogP contribution >= 0.6 is 11.3 Å². The Morgan fingerprint density at radius 3 is 2.27 bits per heavy atom. The first-order valence-electron chi connectivity index (χ1n) is 9.96. The highest BCUT2D eigenvalue weighted by atomic mass is 32.1. The number of hydrogen-bond acceptors (Lipinski definition) is 5. The van der Waals surface area contributed by atoms with Gasteiger partial charge in [-0.2, -0.15) is 0 Å². The van der Waals surface area contributed by atoms with Crippen molar-refractivity contribution in [3.05, 3.63) is 70.1 Å². The van der Waals surface area contributed by atoms with Crippen molar-refractivity contribution in [1.82, 2.24) is 0 Å². The molecule has 1 heterocycles. The molecule has 154 valence electrons. The molecule has 0 aliphatic heterocycles. The van der Waals surface area contributed by atoms with E-state index >= 15 is 0 Å². The van der Waals surface area contributed by atoms with Crippen LogP contribution in [0.25, 0.3) is 0 Å². The Bertz CT molecular complexity index is 1050.